The topological polar surface area (TPSA) is 59.6 Å². The first-order chi connectivity index (χ1) is 11.8. The van der Waals surface area contributed by atoms with Gasteiger partial charge in [-0.25, -0.2) is 0 Å². The Morgan fingerprint density at radius 2 is 1.79 bits per heavy atom. The van der Waals surface area contributed by atoms with Crippen LogP contribution in [0.5, 0.6) is 5.75 Å². The van der Waals surface area contributed by atoms with E-state index in [4.69, 9.17) is 9.47 Å². The van der Waals surface area contributed by atoms with Gasteiger partial charge in [0.25, 0.3) is 0 Å². The SMILES string of the molecule is CCOc1ccccc1NC(=O)[C@H](NCCOC)c1ccccc1. The number of ether oxygens (including phenoxy) is 2. The number of benzene rings is 2. The van der Waals surface area contributed by atoms with Crippen LogP contribution >= 0.6 is 0 Å². The second-order valence-corrected chi connectivity index (χ2v) is 5.21. The van der Waals surface area contributed by atoms with E-state index in [9.17, 15) is 4.79 Å². The fourth-order valence-electron chi connectivity index (χ4n) is 2.37. The van der Waals surface area contributed by atoms with Crippen molar-refractivity contribution in [3.8, 4) is 5.75 Å². The zero-order chi connectivity index (χ0) is 17.2. The molecule has 0 fully saturated rings. The molecular formula is C19H24N2O3. The van der Waals surface area contributed by atoms with Gasteiger partial charge >= 0.3 is 0 Å². The van der Waals surface area contributed by atoms with Crippen molar-refractivity contribution in [1.29, 1.82) is 0 Å². The number of carbonyl (C=O) groups is 1. The summed E-state index contributed by atoms with van der Waals surface area (Å²) in [6.07, 6.45) is 0. The van der Waals surface area contributed by atoms with E-state index >= 15 is 0 Å². The Labute approximate surface area is 143 Å². The van der Waals surface area contributed by atoms with Crippen molar-refractivity contribution in [2.24, 2.45) is 0 Å². The van der Waals surface area contributed by atoms with E-state index < -0.39 is 6.04 Å². The molecule has 0 saturated heterocycles. The Bertz CT molecular complexity index is 632. The number of amides is 1. The minimum absolute atomic E-state index is 0.135. The molecule has 0 bridgehead atoms. The van der Waals surface area contributed by atoms with Crippen LogP contribution < -0.4 is 15.4 Å². The Kier molecular flexibility index (Phi) is 7.26. The van der Waals surface area contributed by atoms with Gasteiger partial charge in [0.2, 0.25) is 5.91 Å². The molecule has 2 aromatic rings. The van der Waals surface area contributed by atoms with E-state index in [-0.39, 0.29) is 5.91 Å². The number of hydrogen-bond donors (Lipinski definition) is 2. The maximum absolute atomic E-state index is 12.8. The summed E-state index contributed by atoms with van der Waals surface area (Å²) in [4.78, 5) is 12.8. The molecule has 2 aromatic carbocycles. The third-order valence-electron chi connectivity index (χ3n) is 3.49. The Morgan fingerprint density at radius 3 is 2.50 bits per heavy atom. The maximum atomic E-state index is 12.8. The van der Waals surface area contributed by atoms with Gasteiger partial charge in [0, 0.05) is 13.7 Å². The average Bonchev–Trinajstić information content (AvgIpc) is 2.61. The lowest BCUT2D eigenvalue weighted by molar-refractivity contribution is -0.118. The van der Waals surface area contributed by atoms with E-state index in [1.54, 1.807) is 7.11 Å². The summed E-state index contributed by atoms with van der Waals surface area (Å²) in [7, 11) is 1.64. The van der Waals surface area contributed by atoms with Gasteiger partial charge in [0.1, 0.15) is 11.8 Å². The minimum Gasteiger partial charge on any atom is -0.492 e. The number of hydrogen-bond acceptors (Lipinski definition) is 4. The summed E-state index contributed by atoms with van der Waals surface area (Å²) >= 11 is 0. The van der Waals surface area contributed by atoms with Gasteiger partial charge in [0.15, 0.2) is 0 Å². The number of rotatable bonds is 9. The van der Waals surface area contributed by atoms with Crippen molar-refractivity contribution in [3.05, 3.63) is 60.2 Å². The third kappa shape index (κ3) is 5.08. The molecule has 0 unspecified atom stereocenters. The molecular weight excluding hydrogens is 304 g/mol. The molecule has 1 atom stereocenters. The molecule has 0 aromatic heterocycles. The summed E-state index contributed by atoms with van der Waals surface area (Å²) in [6.45, 7) is 3.57. The first-order valence-electron chi connectivity index (χ1n) is 8.06. The smallest absolute Gasteiger partial charge is 0.246 e. The lowest BCUT2D eigenvalue weighted by atomic mass is 10.1. The van der Waals surface area contributed by atoms with Gasteiger partial charge in [-0.2, -0.15) is 0 Å². The first kappa shape index (κ1) is 18.0. The van der Waals surface area contributed by atoms with Gasteiger partial charge in [-0.3, -0.25) is 10.1 Å². The van der Waals surface area contributed by atoms with Crippen LogP contribution in [0, 0.1) is 0 Å². The van der Waals surface area contributed by atoms with Crippen LogP contribution in [0.4, 0.5) is 5.69 Å². The highest BCUT2D eigenvalue weighted by molar-refractivity contribution is 5.96. The predicted molar refractivity (Wildman–Crippen MR) is 95.3 cm³/mol. The second kappa shape index (κ2) is 9.70. The van der Waals surface area contributed by atoms with Crippen LogP contribution in [0.25, 0.3) is 0 Å². The molecule has 1 amide bonds. The molecule has 128 valence electrons. The predicted octanol–water partition coefficient (Wildman–Crippen LogP) is 3.00. The molecule has 24 heavy (non-hydrogen) atoms. The van der Waals surface area contributed by atoms with Gasteiger partial charge in [-0.05, 0) is 24.6 Å². The fraction of sp³-hybridized carbons (Fsp3) is 0.316. The zero-order valence-corrected chi connectivity index (χ0v) is 14.1. The summed E-state index contributed by atoms with van der Waals surface area (Å²) in [6, 6.07) is 16.6. The standard InChI is InChI=1S/C19H24N2O3/c1-3-24-17-12-8-7-11-16(17)21-19(22)18(20-13-14-23-2)15-9-5-4-6-10-15/h4-12,18,20H,3,13-14H2,1-2H3,(H,21,22)/t18-/m1/s1. The Balaban J connectivity index is 2.15. The van der Waals surface area contributed by atoms with Crippen LogP contribution in [-0.4, -0.2) is 32.8 Å². The van der Waals surface area contributed by atoms with E-state index in [0.29, 0.717) is 31.2 Å². The van der Waals surface area contributed by atoms with Crippen LogP contribution in [-0.2, 0) is 9.53 Å². The minimum atomic E-state index is -0.462. The quantitative estimate of drug-likeness (QED) is 0.695. The zero-order valence-electron chi connectivity index (χ0n) is 14.1. The maximum Gasteiger partial charge on any atom is 0.246 e. The van der Waals surface area contributed by atoms with Gasteiger partial charge in [-0.1, -0.05) is 42.5 Å². The number of para-hydroxylation sites is 2. The Hall–Kier alpha value is -2.37. The summed E-state index contributed by atoms with van der Waals surface area (Å²) < 4.78 is 10.6. The van der Waals surface area contributed by atoms with Crippen LogP contribution in [0.15, 0.2) is 54.6 Å². The van der Waals surface area contributed by atoms with Crippen molar-refractivity contribution in [3.63, 3.8) is 0 Å². The molecule has 0 aliphatic carbocycles. The van der Waals surface area contributed by atoms with Crippen LogP contribution in [0.1, 0.15) is 18.5 Å². The van der Waals surface area contributed by atoms with Crippen molar-refractivity contribution in [1.82, 2.24) is 5.32 Å². The lowest BCUT2D eigenvalue weighted by Crippen LogP contribution is -2.35. The summed E-state index contributed by atoms with van der Waals surface area (Å²) in [5.41, 5.74) is 1.57. The summed E-state index contributed by atoms with van der Waals surface area (Å²) in [5, 5.41) is 6.18. The third-order valence-corrected chi connectivity index (χ3v) is 3.49. The van der Waals surface area contributed by atoms with Crippen molar-refractivity contribution >= 4 is 11.6 Å². The normalized spacial score (nSPS) is 11.8. The number of nitrogens with one attached hydrogen (secondary N) is 2. The van der Waals surface area contributed by atoms with E-state index in [1.165, 1.54) is 0 Å². The molecule has 0 aliphatic heterocycles. The molecule has 5 nitrogen and oxygen atoms in total. The van der Waals surface area contributed by atoms with Crippen molar-refractivity contribution in [2.45, 2.75) is 13.0 Å². The summed E-state index contributed by atoms with van der Waals surface area (Å²) in [5.74, 6) is 0.529. The van der Waals surface area contributed by atoms with Gasteiger partial charge in [0.05, 0.1) is 18.9 Å². The highest BCUT2D eigenvalue weighted by Gasteiger charge is 2.20. The average molecular weight is 328 g/mol. The van der Waals surface area contributed by atoms with Crippen LogP contribution in [0.2, 0.25) is 0 Å². The highest BCUT2D eigenvalue weighted by Crippen LogP contribution is 2.25. The van der Waals surface area contributed by atoms with E-state index in [2.05, 4.69) is 10.6 Å². The molecule has 0 aliphatic rings. The molecule has 2 N–H and O–H groups in total. The van der Waals surface area contributed by atoms with Crippen molar-refractivity contribution < 1.29 is 14.3 Å². The molecule has 0 saturated carbocycles. The molecule has 0 spiro atoms. The van der Waals surface area contributed by atoms with Crippen molar-refractivity contribution in [2.75, 3.05) is 32.2 Å². The first-order valence-corrected chi connectivity index (χ1v) is 8.06. The molecule has 0 radical (unpaired) electrons. The largest absolute Gasteiger partial charge is 0.492 e. The number of anilines is 1. The number of carbonyl (C=O) groups excluding carboxylic acids is 1. The van der Waals surface area contributed by atoms with Gasteiger partial charge < -0.3 is 14.8 Å². The van der Waals surface area contributed by atoms with E-state index in [1.807, 2.05) is 61.5 Å². The molecule has 2 rings (SSSR count). The van der Waals surface area contributed by atoms with Crippen LogP contribution in [0.3, 0.4) is 0 Å². The Morgan fingerprint density at radius 1 is 1.08 bits per heavy atom. The lowest BCUT2D eigenvalue weighted by Gasteiger charge is -2.20. The molecule has 5 heteroatoms. The van der Waals surface area contributed by atoms with Gasteiger partial charge in [-0.15, -0.1) is 0 Å². The number of methoxy groups -OCH3 is 1. The second-order valence-electron chi connectivity index (χ2n) is 5.21. The highest BCUT2D eigenvalue weighted by atomic mass is 16.5. The molecule has 0 heterocycles. The monoisotopic (exact) mass is 328 g/mol. The van der Waals surface area contributed by atoms with E-state index in [0.717, 1.165) is 5.56 Å². The fourth-order valence-corrected chi connectivity index (χ4v) is 2.37.